The van der Waals surface area contributed by atoms with Crippen LogP contribution in [0.4, 0.5) is 0 Å². The normalized spacial score (nSPS) is 9.92. The second-order valence-corrected chi connectivity index (χ2v) is 3.70. The summed E-state index contributed by atoms with van der Waals surface area (Å²) < 4.78 is 0.914. The molecule has 0 radical (unpaired) electrons. The maximum Gasteiger partial charge on any atom is 0.119 e. The first-order chi connectivity index (χ1) is 6.36. The highest BCUT2D eigenvalue weighted by Gasteiger charge is 1.97. The Morgan fingerprint density at radius 3 is 2.31 bits per heavy atom. The molecule has 0 spiro atoms. The van der Waals surface area contributed by atoms with E-state index in [0.717, 1.165) is 15.0 Å². The lowest BCUT2D eigenvalue weighted by atomic mass is 10.2. The minimum absolute atomic E-state index is 0.914. The third-order valence-corrected chi connectivity index (χ3v) is 2.25. The molecule has 0 aliphatic rings. The molecule has 1 heterocycles. The Hall–Kier alpha value is -0.970. The van der Waals surface area contributed by atoms with Gasteiger partial charge >= 0.3 is 0 Å². The van der Waals surface area contributed by atoms with Crippen molar-refractivity contribution in [3.05, 3.63) is 46.4 Å². The Labute approximate surface area is 90.2 Å². The number of hydrogen-bond acceptors (Lipinski definition) is 2. The topological polar surface area (TPSA) is 25.8 Å². The fourth-order valence-corrected chi connectivity index (χ4v) is 1.35. The van der Waals surface area contributed by atoms with Crippen LogP contribution in [0.15, 0.2) is 42.7 Å². The summed E-state index contributed by atoms with van der Waals surface area (Å²) in [5.74, 6) is 0. The highest BCUT2D eigenvalue weighted by molar-refractivity contribution is 14.1. The van der Waals surface area contributed by atoms with Crippen LogP contribution in [-0.2, 0) is 0 Å². The van der Waals surface area contributed by atoms with E-state index in [-0.39, 0.29) is 0 Å². The summed E-state index contributed by atoms with van der Waals surface area (Å²) in [6.45, 7) is 0. The van der Waals surface area contributed by atoms with Gasteiger partial charge in [-0.2, -0.15) is 0 Å². The summed E-state index contributed by atoms with van der Waals surface area (Å²) in [5, 5.41) is 0. The number of halogens is 1. The highest BCUT2D eigenvalue weighted by Crippen LogP contribution is 2.14. The second kappa shape index (κ2) is 3.83. The van der Waals surface area contributed by atoms with E-state index in [1.807, 2.05) is 30.3 Å². The van der Waals surface area contributed by atoms with Gasteiger partial charge in [0.25, 0.3) is 0 Å². The lowest BCUT2D eigenvalue weighted by Crippen LogP contribution is -1.86. The van der Waals surface area contributed by atoms with Crippen LogP contribution in [0.2, 0.25) is 0 Å². The van der Waals surface area contributed by atoms with Crippen molar-refractivity contribution in [2.45, 2.75) is 0 Å². The van der Waals surface area contributed by atoms with Gasteiger partial charge in [-0.1, -0.05) is 30.3 Å². The molecule has 0 amide bonds. The molecule has 0 atom stereocenters. The van der Waals surface area contributed by atoms with Crippen LogP contribution in [0.25, 0.3) is 11.3 Å². The zero-order valence-corrected chi connectivity index (χ0v) is 8.97. The quantitative estimate of drug-likeness (QED) is 0.752. The number of rotatable bonds is 1. The summed E-state index contributed by atoms with van der Waals surface area (Å²) in [6.07, 6.45) is 3.56. The van der Waals surface area contributed by atoms with E-state index in [1.54, 1.807) is 12.4 Å². The van der Waals surface area contributed by atoms with Crippen molar-refractivity contribution < 1.29 is 0 Å². The maximum absolute atomic E-state index is 4.28. The lowest BCUT2D eigenvalue weighted by Gasteiger charge is -1.98. The van der Waals surface area contributed by atoms with Crippen LogP contribution in [0.3, 0.4) is 0 Å². The van der Waals surface area contributed by atoms with Crippen LogP contribution in [0, 0.1) is 3.70 Å². The van der Waals surface area contributed by atoms with Crippen molar-refractivity contribution in [3.63, 3.8) is 0 Å². The minimum Gasteiger partial charge on any atom is -0.252 e. The lowest BCUT2D eigenvalue weighted by molar-refractivity contribution is 1.17. The van der Waals surface area contributed by atoms with Gasteiger partial charge in [0.15, 0.2) is 0 Å². The fourth-order valence-electron chi connectivity index (χ4n) is 1.07. The van der Waals surface area contributed by atoms with E-state index in [0.29, 0.717) is 0 Å². The Bertz CT molecular complexity index is 383. The number of benzene rings is 1. The molecular formula is C10H7IN2. The molecule has 1 aromatic carbocycles. The number of nitrogens with zero attached hydrogens (tertiary/aromatic N) is 2. The monoisotopic (exact) mass is 282 g/mol. The van der Waals surface area contributed by atoms with E-state index in [4.69, 9.17) is 0 Å². The van der Waals surface area contributed by atoms with Crippen molar-refractivity contribution >= 4 is 22.6 Å². The maximum atomic E-state index is 4.28. The minimum atomic E-state index is 0.914. The van der Waals surface area contributed by atoms with Crippen molar-refractivity contribution in [3.8, 4) is 11.3 Å². The zero-order valence-electron chi connectivity index (χ0n) is 6.81. The molecule has 3 heteroatoms. The van der Waals surface area contributed by atoms with Gasteiger partial charge in [0.1, 0.15) is 3.70 Å². The van der Waals surface area contributed by atoms with Crippen LogP contribution in [0.1, 0.15) is 0 Å². The molecule has 0 saturated carbocycles. The predicted molar refractivity (Wildman–Crippen MR) is 60.2 cm³/mol. The fraction of sp³-hybridized carbons (Fsp3) is 0. The summed E-state index contributed by atoms with van der Waals surface area (Å²) in [4.78, 5) is 8.46. The standard InChI is InChI=1S/C10H7IN2/c11-10-7-12-9(6-13-10)8-4-2-1-3-5-8/h1-7H. The Balaban J connectivity index is 2.42. The third kappa shape index (κ3) is 2.03. The van der Waals surface area contributed by atoms with E-state index >= 15 is 0 Å². The molecule has 0 saturated heterocycles. The average molecular weight is 282 g/mol. The predicted octanol–water partition coefficient (Wildman–Crippen LogP) is 2.75. The van der Waals surface area contributed by atoms with Crippen LogP contribution < -0.4 is 0 Å². The van der Waals surface area contributed by atoms with Gasteiger partial charge < -0.3 is 0 Å². The molecule has 0 aliphatic carbocycles. The summed E-state index contributed by atoms with van der Waals surface area (Å²) in [6, 6.07) is 10.0. The Morgan fingerprint density at radius 2 is 1.69 bits per heavy atom. The van der Waals surface area contributed by atoms with Gasteiger partial charge in [0.05, 0.1) is 18.1 Å². The molecule has 0 unspecified atom stereocenters. The van der Waals surface area contributed by atoms with Gasteiger partial charge in [-0.05, 0) is 22.6 Å². The molecule has 64 valence electrons. The summed E-state index contributed by atoms with van der Waals surface area (Å²) in [7, 11) is 0. The molecule has 0 bridgehead atoms. The van der Waals surface area contributed by atoms with Gasteiger partial charge in [0.2, 0.25) is 0 Å². The molecule has 0 fully saturated rings. The van der Waals surface area contributed by atoms with E-state index in [9.17, 15) is 0 Å². The molecule has 2 aromatic rings. The zero-order chi connectivity index (χ0) is 9.10. The Kier molecular flexibility index (Phi) is 2.54. The van der Waals surface area contributed by atoms with Gasteiger partial charge in [0, 0.05) is 5.56 Å². The van der Waals surface area contributed by atoms with E-state index in [2.05, 4.69) is 32.6 Å². The number of hydrogen-bond donors (Lipinski definition) is 0. The van der Waals surface area contributed by atoms with E-state index in [1.165, 1.54) is 0 Å². The molecule has 13 heavy (non-hydrogen) atoms. The van der Waals surface area contributed by atoms with Crippen LogP contribution >= 0.6 is 22.6 Å². The molecule has 2 nitrogen and oxygen atoms in total. The summed E-state index contributed by atoms with van der Waals surface area (Å²) >= 11 is 2.14. The van der Waals surface area contributed by atoms with Crippen molar-refractivity contribution in [1.82, 2.24) is 9.97 Å². The van der Waals surface area contributed by atoms with Crippen LogP contribution in [-0.4, -0.2) is 9.97 Å². The smallest absolute Gasteiger partial charge is 0.119 e. The van der Waals surface area contributed by atoms with Gasteiger partial charge in [-0.15, -0.1) is 0 Å². The first-order valence-electron chi connectivity index (χ1n) is 3.89. The van der Waals surface area contributed by atoms with Crippen LogP contribution in [0.5, 0.6) is 0 Å². The number of aromatic nitrogens is 2. The largest absolute Gasteiger partial charge is 0.252 e. The molecule has 2 rings (SSSR count). The third-order valence-electron chi connectivity index (χ3n) is 1.69. The van der Waals surface area contributed by atoms with Crippen molar-refractivity contribution in [2.75, 3.05) is 0 Å². The summed E-state index contributed by atoms with van der Waals surface area (Å²) in [5.41, 5.74) is 2.02. The first kappa shape index (κ1) is 8.62. The van der Waals surface area contributed by atoms with Gasteiger partial charge in [-0.25, -0.2) is 4.98 Å². The molecule has 0 N–H and O–H groups in total. The molecule has 0 aliphatic heterocycles. The highest BCUT2D eigenvalue weighted by atomic mass is 127. The van der Waals surface area contributed by atoms with Crippen molar-refractivity contribution in [1.29, 1.82) is 0 Å². The van der Waals surface area contributed by atoms with Crippen molar-refractivity contribution in [2.24, 2.45) is 0 Å². The molecular weight excluding hydrogens is 275 g/mol. The Morgan fingerprint density at radius 1 is 0.923 bits per heavy atom. The first-order valence-corrected chi connectivity index (χ1v) is 4.97. The molecule has 1 aromatic heterocycles. The average Bonchev–Trinajstić information content (AvgIpc) is 2.20. The second-order valence-electron chi connectivity index (χ2n) is 2.59. The van der Waals surface area contributed by atoms with E-state index < -0.39 is 0 Å². The SMILES string of the molecule is Ic1cnc(-c2ccccc2)cn1. The van der Waals surface area contributed by atoms with Gasteiger partial charge in [-0.3, -0.25) is 4.98 Å².